The lowest BCUT2D eigenvalue weighted by Crippen LogP contribution is -2.10. The molecule has 1 rings (SSSR count). The van der Waals surface area contributed by atoms with Crippen LogP contribution in [0.5, 0.6) is 0 Å². The van der Waals surface area contributed by atoms with E-state index in [4.69, 9.17) is 9.15 Å². The molecule has 3 nitrogen and oxygen atoms in total. The molecule has 0 aliphatic heterocycles. The van der Waals surface area contributed by atoms with Crippen molar-refractivity contribution in [2.24, 2.45) is 0 Å². The molecule has 0 aromatic carbocycles. The Balaban J connectivity index is 2.71. The molecule has 0 unspecified atom stereocenters. The summed E-state index contributed by atoms with van der Waals surface area (Å²) in [4.78, 5) is 11.3. The van der Waals surface area contributed by atoms with Crippen molar-refractivity contribution in [1.82, 2.24) is 0 Å². The summed E-state index contributed by atoms with van der Waals surface area (Å²) in [5, 5.41) is 0. The van der Waals surface area contributed by atoms with Crippen LogP contribution in [0.15, 0.2) is 47.6 Å². The fourth-order valence-corrected chi connectivity index (χ4v) is 1.08. The van der Waals surface area contributed by atoms with E-state index in [9.17, 15) is 4.79 Å². The van der Waals surface area contributed by atoms with Gasteiger partial charge in [-0.2, -0.15) is 0 Å². The van der Waals surface area contributed by atoms with Crippen LogP contribution in [-0.2, 0) is 9.53 Å². The van der Waals surface area contributed by atoms with E-state index in [0.717, 1.165) is 0 Å². The van der Waals surface area contributed by atoms with Crippen molar-refractivity contribution in [2.75, 3.05) is 0 Å². The largest absolute Gasteiger partial charge is 0.465 e. The molecule has 1 atom stereocenters. The summed E-state index contributed by atoms with van der Waals surface area (Å²) < 4.78 is 10.4. The lowest BCUT2D eigenvalue weighted by Gasteiger charge is -2.13. The monoisotopic (exact) mass is 206 g/mol. The minimum absolute atomic E-state index is 0.371. The molecule has 0 fully saturated rings. The molecule has 0 radical (unpaired) electrons. The predicted molar refractivity (Wildman–Crippen MR) is 57.2 cm³/mol. The molecule has 3 heteroatoms. The van der Waals surface area contributed by atoms with Gasteiger partial charge in [-0.15, -0.1) is 6.58 Å². The fraction of sp³-hybridized carbons (Fsp3) is 0.250. The summed E-state index contributed by atoms with van der Waals surface area (Å²) >= 11 is 0. The first-order valence-electron chi connectivity index (χ1n) is 4.66. The van der Waals surface area contributed by atoms with E-state index in [1.807, 2.05) is 0 Å². The number of carbonyl (C=O) groups excluding carboxylic acids is 1. The Kier molecular flexibility index (Phi) is 3.92. The van der Waals surface area contributed by atoms with Gasteiger partial charge in [-0.05, 0) is 19.1 Å². The van der Waals surface area contributed by atoms with Gasteiger partial charge in [0.15, 0.2) is 6.10 Å². The van der Waals surface area contributed by atoms with Gasteiger partial charge in [0.1, 0.15) is 5.76 Å². The van der Waals surface area contributed by atoms with Gasteiger partial charge in [0.25, 0.3) is 0 Å². The number of esters is 1. The van der Waals surface area contributed by atoms with Crippen molar-refractivity contribution in [1.29, 1.82) is 0 Å². The van der Waals surface area contributed by atoms with Crippen molar-refractivity contribution in [3.05, 3.63) is 49.0 Å². The molecule has 1 aromatic heterocycles. The Bertz CT molecular complexity index is 349. The van der Waals surface area contributed by atoms with Gasteiger partial charge in [0.05, 0.1) is 6.26 Å². The van der Waals surface area contributed by atoms with Crippen molar-refractivity contribution in [2.45, 2.75) is 19.4 Å². The molecule has 0 N–H and O–H groups in total. The third kappa shape index (κ3) is 3.13. The molecule has 0 saturated heterocycles. The van der Waals surface area contributed by atoms with Gasteiger partial charge in [0, 0.05) is 12.0 Å². The van der Waals surface area contributed by atoms with Gasteiger partial charge in [-0.25, -0.2) is 4.79 Å². The van der Waals surface area contributed by atoms with Gasteiger partial charge < -0.3 is 9.15 Å². The van der Waals surface area contributed by atoms with Crippen LogP contribution in [0.3, 0.4) is 0 Å². The lowest BCUT2D eigenvalue weighted by molar-refractivity contribution is -0.145. The second kappa shape index (κ2) is 5.20. The predicted octanol–water partition coefficient (Wildman–Crippen LogP) is 3.02. The summed E-state index contributed by atoms with van der Waals surface area (Å²) in [5.74, 6) is 0.197. The Labute approximate surface area is 89.0 Å². The highest BCUT2D eigenvalue weighted by atomic mass is 16.6. The van der Waals surface area contributed by atoms with E-state index in [1.54, 1.807) is 31.4 Å². The Morgan fingerprint density at radius 2 is 2.47 bits per heavy atom. The lowest BCUT2D eigenvalue weighted by atomic mass is 10.2. The average Bonchev–Trinajstić information content (AvgIpc) is 2.69. The zero-order chi connectivity index (χ0) is 11.3. The first kappa shape index (κ1) is 11.3. The van der Waals surface area contributed by atoms with Crippen LogP contribution in [-0.4, -0.2) is 5.97 Å². The first-order chi connectivity index (χ1) is 7.15. The molecule has 1 heterocycles. The highest BCUT2D eigenvalue weighted by Crippen LogP contribution is 2.22. The van der Waals surface area contributed by atoms with E-state index in [-0.39, 0.29) is 0 Å². The fourth-order valence-electron chi connectivity index (χ4n) is 1.08. The molecule has 0 spiro atoms. The molecule has 80 valence electrons. The standard InChI is InChI=1S/C12H14O3/c1-4-6-11(10-7-5-8-14-10)15-12(13)9(2)3/h4-5,7-8,11H,1-2,6H2,3H3/t11-/m1/s1. The van der Waals surface area contributed by atoms with Crippen LogP contribution in [0.25, 0.3) is 0 Å². The maximum absolute atomic E-state index is 11.3. The molecule has 0 aliphatic rings. The van der Waals surface area contributed by atoms with Crippen LogP contribution in [0.1, 0.15) is 25.2 Å². The zero-order valence-corrected chi connectivity index (χ0v) is 8.73. The van der Waals surface area contributed by atoms with E-state index in [0.29, 0.717) is 17.8 Å². The van der Waals surface area contributed by atoms with E-state index >= 15 is 0 Å². The summed E-state index contributed by atoms with van der Waals surface area (Å²) in [5.41, 5.74) is 0.371. The second-order valence-corrected chi connectivity index (χ2v) is 3.21. The molecule has 0 bridgehead atoms. The van der Waals surface area contributed by atoms with Crippen molar-refractivity contribution < 1.29 is 13.9 Å². The van der Waals surface area contributed by atoms with Gasteiger partial charge >= 0.3 is 5.97 Å². The summed E-state index contributed by atoms with van der Waals surface area (Å²) in [6.45, 7) is 8.73. The van der Waals surface area contributed by atoms with Crippen LogP contribution in [0, 0.1) is 0 Å². The smallest absolute Gasteiger partial charge is 0.333 e. The third-order valence-electron chi connectivity index (χ3n) is 1.84. The number of rotatable bonds is 5. The van der Waals surface area contributed by atoms with E-state index < -0.39 is 12.1 Å². The summed E-state index contributed by atoms with van der Waals surface area (Å²) in [7, 11) is 0. The molecule has 0 aliphatic carbocycles. The topological polar surface area (TPSA) is 39.4 Å². The molecular formula is C12H14O3. The van der Waals surface area contributed by atoms with Gasteiger partial charge in [0.2, 0.25) is 0 Å². The minimum atomic E-state index is -0.418. The second-order valence-electron chi connectivity index (χ2n) is 3.21. The quantitative estimate of drug-likeness (QED) is 0.422. The average molecular weight is 206 g/mol. The SMILES string of the molecule is C=CC[C@@H](OC(=O)C(=C)C)c1ccco1. The molecule has 0 amide bonds. The van der Waals surface area contributed by atoms with Crippen LogP contribution in [0.2, 0.25) is 0 Å². The number of hydrogen-bond acceptors (Lipinski definition) is 3. The summed E-state index contributed by atoms with van der Waals surface area (Å²) in [6.07, 6.45) is 3.33. The normalized spacial score (nSPS) is 11.8. The number of ether oxygens (including phenoxy) is 1. The molecule has 1 aromatic rings. The van der Waals surface area contributed by atoms with Crippen LogP contribution >= 0.6 is 0 Å². The van der Waals surface area contributed by atoms with Gasteiger partial charge in [-0.1, -0.05) is 12.7 Å². The summed E-state index contributed by atoms with van der Waals surface area (Å²) in [6, 6.07) is 3.51. The van der Waals surface area contributed by atoms with Crippen LogP contribution < -0.4 is 0 Å². The Hall–Kier alpha value is -1.77. The van der Waals surface area contributed by atoms with E-state index in [2.05, 4.69) is 13.2 Å². The Morgan fingerprint density at radius 3 is 2.93 bits per heavy atom. The number of carbonyl (C=O) groups is 1. The highest BCUT2D eigenvalue weighted by Gasteiger charge is 2.17. The maximum atomic E-state index is 11.3. The first-order valence-corrected chi connectivity index (χ1v) is 4.66. The Morgan fingerprint density at radius 1 is 1.73 bits per heavy atom. The van der Waals surface area contributed by atoms with Crippen molar-refractivity contribution >= 4 is 5.97 Å². The third-order valence-corrected chi connectivity index (χ3v) is 1.84. The van der Waals surface area contributed by atoms with Crippen molar-refractivity contribution in [3.63, 3.8) is 0 Å². The maximum Gasteiger partial charge on any atom is 0.333 e. The molecule has 15 heavy (non-hydrogen) atoms. The zero-order valence-electron chi connectivity index (χ0n) is 8.73. The van der Waals surface area contributed by atoms with Crippen LogP contribution in [0.4, 0.5) is 0 Å². The molecule has 0 saturated carbocycles. The van der Waals surface area contributed by atoms with E-state index in [1.165, 1.54) is 0 Å². The minimum Gasteiger partial charge on any atom is -0.465 e. The number of furan rings is 1. The van der Waals surface area contributed by atoms with Crippen molar-refractivity contribution in [3.8, 4) is 0 Å². The number of hydrogen-bond donors (Lipinski definition) is 0. The van der Waals surface area contributed by atoms with Gasteiger partial charge in [-0.3, -0.25) is 0 Å². The molecular weight excluding hydrogens is 192 g/mol. The highest BCUT2D eigenvalue weighted by molar-refractivity contribution is 5.87.